The van der Waals surface area contributed by atoms with Gasteiger partial charge < -0.3 is 25.0 Å². The highest BCUT2D eigenvalue weighted by molar-refractivity contribution is 5.87. The van der Waals surface area contributed by atoms with E-state index >= 15 is 0 Å². The zero-order valence-electron chi connectivity index (χ0n) is 12.1. The van der Waals surface area contributed by atoms with Crippen molar-refractivity contribution in [2.24, 2.45) is 0 Å². The largest absolute Gasteiger partial charge is 0.550 e. The predicted molar refractivity (Wildman–Crippen MR) is 70.9 cm³/mol. The first kappa shape index (κ1) is 17.9. The molecule has 1 atom stereocenters. The summed E-state index contributed by atoms with van der Waals surface area (Å²) in [4.78, 5) is 33.7. The van der Waals surface area contributed by atoms with E-state index in [4.69, 9.17) is 6.42 Å². The van der Waals surface area contributed by atoms with Crippen molar-refractivity contribution in [2.45, 2.75) is 19.4 Å². The molecular formula is C13H21N3O4. The summed E-state index contributed by atoms with van der Waals surface area (Å²) in [5, 5.41) is 15.4. The van der Waals surface area contributed by atoms with Gasteiger partial charge in [0.1, 0.15) is 6.04 Å². The minimum atomic E-state index is -1.15. The van der Waals surface area contributed by atoms with E-state index in [1.54, 1.807) is 21.0 Å². The van der Waals surface area contributed by atoms with Crippen LogP contribution in [0.3, 0.4) is 0 Å². The van der Waals surface area contributed by atoms with Gasteiger partial charge in [-0.3, -0.25) is 9.59 Å². The number of terminal acetylenes is 1. The number of likely N-dealkylation sites (N-methyl/N-ethyl adjacent to an activating group) is 1. The smallest absolute Gasteiger partial charge is 0.275 e. The molecule has 0 saturated heterocycles. The molecule has 7 heteroatoms. The number of nitrogens with zero attached hydrogens (tertiary/aromatic N) is 1. The number of rotatable bonds is 8. The monoisotopic (exact) mass is 283 g/mol. The van der Waals surface area contributed by atoms with Crippen LogP contribution in [0.4, 0.5) is 0 Å². The SMILES string of the molecule is C#CCNC(=O)[C@H](C)NC(=O)C[N+](C)(C)CCC(=O)[O-]. The van der Waals surface area contributed by atoms with Crippen molar-refractivity contribution in [1.82, 2.24) is 10.6 Å². The van der Waals surface area contributed by atoms with Crippen molar-refractivity contribution in [3.05, 3.63) is 0 Å². The van der Waals surface area contributed by atoms with Crippen LogP contribution >= 0.6 is 0 Å². The average molecular weight is 283 g/mol. The van der Waals surface area contributed by atoms with E-state index in [1.165, 1.54) is 0 Å². The van der Waals surface area contributed by atoms with Crippen LogP contribution in [0.15, 0.2) is 0 Å². The van der Waals surface area contributed by atoms with E-state index in [1.807, 2.05) is 0 Å². The van der Waals surface area contributed by atoms with Gasteiger partial charge in [-0.15, -0.1) is 6.42 Å². The fourth-order valence-corrected chi connectivity index (χ4v) is 1.51. The summed E-state index contributed by atoms with van der Waals surface area (Å²) >= 11 is 0. The molecular weight excluding hydrogens is 262 g/mol. The Morgan fingerprint density at radius 2 is 1.95 bits per heavy atom. The summed E-state index contributed by atoms with van der Waals surface area (Å²) < 4.78 is 0.193. The topological polar surface area (TPSA) is 98.3 Å². The predicted octanol–water partition coefficient (Wildman–Crippen LogP) is -2.54. The molecule has 2 N–H and O–H groups in total. The second kappa shape index (κ2) is 8.17. The van der Waals surface area contributed by atoms with Crippen molar-refractivity contribution >= 4 is 17.8 Å². The van der Waals surface area contributed by atoms with Gasteiger partial charge in [0.2, 0.25) is 5.91 Å². The summed E-state index contributed by atoms with van der Waals surface area (Å²) in [7, 11) is 3.46. The molecule has 0 fully saturated rings. The second-order valence-corrected chi connectivity index (χ2v) is 5.15. The van der Waals surface area contributed by atoms with Crippen molar-refractivity contribution in [2.75, 3.05) is 33.7 Å². The molecule has 7 nitrogen and oxygen atoms in total. The number of hydrogen-bond acceptors (Lipinski definition) is 4. The summed E-state index contributed by atoms with van der Waals surface area (Å²) in [6.07, 6.45) is 4.89. The number of carbonyl (C=O) groups is 3. The Bertz CT molecular complexity index is 412. The van der Waals surface area contributed by atoms with Gasteiger partial charge in [-0.25, -0.2) is 0 Å². The lowest BCUT2D eigenvalue weighted by molar-refractivity contribution is -0.882. The zero-order valence-corrected chi connectivity index (χ0v) is 12.1. The third kappa shape index (κ3) is 8.11. The van der Waals surface area contributed by atoms with Crippen LogP contribution in [0.25, 0.3) is 0 Å². The van der Waals surface area contributed by atoms with Gasteiger partial charge in [-0.2, -0.15) is 0 Å². The van der Waals surface area contributed by atoms with E-state index in [0.717, 1.165) is 0 Å². The Labute approximate surface area is 118 Å². The summed E-state index contributed by atoms with van der Waals surface area (Å²) in [5.74, 6) is 0.408. The number of carboxylic acids is 1. The Kier molecular flexibility index (Phi) is 7.33. The molecule has 112 valence electrons. The number of hydrogen-bond donors (Lipinski definition) is 2. The molecule has 0 aromatic rings. The van der Waals surface area contributed by atoms with Crippen molar-refractivity contribution in [3.8, 4) is 12.3 Å². The Morgan fingerprint density at radius 1 is 1.35 bits per heavy atom. The Morgan fingerprint density at radius 3 is 2.45 bits per heavy atom. The first-order chi connectivity index (χ1) is 9.18. The van der Waals surface area contributed by atoms with Crippen LogP contribution < -0.4 is 15.7 Å². The van der Waals surface area contributed by atoms with Gasteiger partial charge in [-0.1, -0.05) is 5.92 Å². The molecule has 0 bridgehead atoms. The first-order valence-corrected chi connectivity index (χ1v) is 6.20. The second-order valence-electron chi connectivity index (χ2n) is 5.15. The maximum absolute atomic E-state index is 11.8. The van der Waals surface area contributed by atoms with Crippen LogP contribution in [-0.2, 0) is 14.4 Å². The van der Waals surface area contributed by atoms with Crippen LogP contribution in [0.2, 0.25) is 0 Å². The molecule has 0 aromatic heterocycles. The summed E-state index contributed by atoms with van der Waals surface area (Å²) in [6.45, 7) is 1.99. The van der Waals surface area contributed by atoms with Gasteiger partial charge in [0.05, 0.1) is 27.2 Å². The Hall–Kier alpha value is -2.07. The molecule has 0 heterocycles. The van der Waals surface area contributed by atoms with E-state index in [-0.39, 0.29) is 42.4 Å². The van der Waals surface area contributed by atoms with Crippen molar-refractivity contribution in [3.63, 3.8) is 0 Å². The maximum atomic E-state index is 11.8. The van der Waals surface area contributed by atoms with E-state index in [2.05, 4.69) is 16.6 Å². The number of nitrogens with one attached hydrogen (secondary N) is 2. The average Bonchev–Trinajstić information content (AvgIpc) is 2.32. The number of carbonyl (C=O) groups excluding carboxylic acids is 3. The highest BCUT2D eigenvalue weighted by Gasteiger charge is 2.22. The molecule has 0 unspecified atom stereocenters. The lowest BCUT2D eigenvalue weighted by atomic mass is 10.3. The lowest BCUT2D eigenvalue weighted by Gasteiger charge is -2.29. The van der Waals surface area contributed by atoms with Crippen LogP contribution in [0.1, 0.15) is 13.3 Å². The third-order valence-electron chi connectivity index (χ3n) is 2.63. The minimum Gasteiger partial charge on any atom is -0.550 e. The van der Waals surface area contributed by atoms with E-state index in [0.29, 0.717) is 0 Å². The van der Waals surface area contributed by atoms with Gasteiger partial charge in [-0.05, 0) is 6.92 Å². The normalized spacial score (nSPS) is 12.1. The highest BCUT2D eigenvalue weighted by Crippen LogP contribution is 1.99. The molecule has 0 saturated carbocycles. The molecule has 0 aliphatic carbocycles. The third-order valence-corrected chi connectivity index (χ3v) is 2.63. The maximum Gasteiger partial charge on any atom is 0.275 e. The fourth-order valence-electron chi connectivity index (χ4n) is 1.51. The molecule has 20 heavy (non-hydrogen) atoms. The van der Waals surface area contributed by atoms with Crippen molar-refractivity contribution in [1.29, 1.82) is 0 Å². The molecule has 0 spiro atoms. The molecule has 0 rings (SSSR count). The quantitative estimate of drug-likeness (QED) is 0.379. The van der Waals surface area contributed by atoms with E-state index < -0.39 is 12.0 Å². The molecule has 0 aliphatic heterocycles. The molecule has 2 amide bonds. The number of aliphatic carboxylic acids is 1. The summed E-state index contributed by atoms with van der Waals surface area (Å²) in [6, 6.07) is -0.697. The fraction of sp³-hybridized carbons (Fsp3) is 0.615. The number of carboxylic acid groups (broad SMARTS) is 1. The van der Waals surface area contributed by atoms with Crippen LogP contribution in [0, 0.1) is 12.3 Å². The Balaban J connectivity index is 4.24. The van der Waals surface area contributed by atoms with Gasteiger partial charge in [0, 0.05) is 12.4 Å². The van der Waals surface area contributed by atoms with Gasteiger partial charge in [0.15, 0.2) is 6.54 Å². The van der Waals surface area contributed by atoms with E-state index in [9.17, 15) is 19.5 Å². The first-order valence-electron chi connectivity index (χ1n) is 6.20. The summed E-state index contributed by atoms with van der Waals surface area (Å²) in [5.41, 5.74) is 0. The number of amides is 2. The lowest BCUT2D eigenvalue weighted by Crippen LogP contribution is -2.53. The van der Waals surface area contributed by atoms with Crippen LogP contribution in [0.5, 0.6) is 0 Å². The van der Waals surface area contributed by atoms with Crippen LogP contribution in [-0.4, -0.2) is 62.0 Å². The number of quaternary nitrogens is 1. The molecule has 0 aromatic carbocycles. The zero-order chi connectivity index (χ0) is 15.8. The van der Waals surface area contributed by atoms with Gasteiger partial charge >= 0.3 is 0 Å². The van der Waals surface area contributed by atoms with Gasteiger partial charge in [0.25, 0.3) is 5.91 Å². The molecule has 0 radical (unpaired) electrons. The molecule has 0 aliphatic rings. The highest BCUT2D eigenvalue weighted by atomic mass is 16.4. The standard InChI is InChI=1S/C13H21N3O4/c1-5-7-14-13(20)10(2)15-11(17)9-16(3,4)8-6-12(18)19/h1,10H,6-9H2,2-4H3,(H2-,14,15,17,18,19,20)/t10-/m0/s1. The van der Waals surface area contributed by atoms with Crippen molar-refractivity contribution < 1.29 is 24.0 Å². The minimum absolute atomic E-state index is 0.0695.